The van der Waals surface area contributed by atoms with Gasteiger partial charge in [-0.2, -0.15) is 0 Å². The fourth-order valence-corrected chi connectivity index (χ4v) is 3.50. The summed E-state index contributed by atoms with van der Waals surface area (Å²) in [5, 5.41) is 5.07. The van der Waals surface area contributed by atoms with Gasteiger partial charge in [-0.25, -0.2) is 0 Å². The van der Waals surface area contributed by atoms with Crippen LogP contribution in [0.4, 0.5) is 0 Å². The first-order valence-electron chi connectivity index (χ1n) is 8.02. The molecule has 1 N–H and O–H groups in total. The quantitative estimate of drug-likeness (QED) is 0.911. The summed E-state index contributed by atoms with van der Waals surface area (Å²) in [6.07, 6.45) is 3.24. The second-order valence-electron chi connectivity index (χ2n) is 5.81. The van der Waals surface area contributed by atoms with Crippen molar-refractivity contribution in [3.63, 3.8) is 0 Å². The maximum absolute atomic E-state index is 12.3. The summed E-state index contributed by atoms with van der Waals surface area (Å²) in [6.45, 7) is 4.37. The van der Waals surface area contributed by atoms with E-state index in [2.05, 4.69) is 40.6 Å². The van der Waals surface area contributed by atoms with Gasteiger partial charge in [-0.3, -0.25) is 9.69 Å². The molecule has 4 heteroatoms. The van der Waals surface area contributed by atoms with Gasteiger partial charge in [-0.1, -0.05) is 42.5 Å². The number of amides is 1. The van der Waals surface area contributed by atoms with E-state index in [4.69, 9.17) is 0 Å². The van der Waals surface area contributed by atoms with Crippen molar-refractivity contribution in [2.75, 3.05) is 13.1 Å². The smallest absolute Gasteiger partial charge is 0.237 e. The van der Waals surface area contributed by atoms with Crippen LogP contribution in [0.5, 0.6) is 0 Å². The Labute approximate surface area is 141 Å². The normalized spacial score (nSPS) is 16.7. The molecule has 1 aliphatic heterocycles. The zero-order valence-electron chi connectivity index (χ0n) is 13.4. The molecule has 0 fully saturated rings. The summed E-state index contributed by atoms with van der Waals surface area (Å²) in [5.74, 6) is 0.106. The molecule has 1 amide bonds. The van der Waals surface area contributed by atoms with E-state index in [9.17, 15) is 4.79 Å². The zero-order valence-corrected chi connectivity index (χ0v) is 14.2. The first-order chi connectivity index (χ1) is 11.2. The van der Waals surface area contributed by atoms with Crippen molar-refractivity contribution >= 4 is 22.8 Å². The van der Waals surface area contributed by atoms with E-state index in [0.717, 1.165) is 19.5 Å². The number of benzene rings is 1. The van der Waals surface area contributed by atoms with Crippen LogP contribution in [-0.2, 0) is 11.3 Å². The molecule has 120 valence electrons. The lowest BCUT2D eigenvalue weighted by Crippen LogP contribution is -2.46. The Hall–Kier alpha value is -1.91. The average molecular weight is 326 g/mol. The molecule has 1 aromatic heterocycles. The molecule has 0 aliphatic carbocycles. The maximum atomic E-state index is 12.3. The summed E-state index contributed by atoms with van der Waals surface area (Å²) in [6, 6.07) is 14.5. The second kappa shape index (κ2) is 7.57. The van der Waals surface area contributed by atoms with Crippen molar-refractivity contribution in [2.24, 2.45) is 0 Å². The Balaban J connectivity index is 1.54. The Morgan fingerprint density at radius 1 is 1.26 bits per heavy atom. The van der Waals surface area contributed by atoms with Gasteiger partial charge in [-0.05, 0) is 35.9 Å². The molecule has 2 aromatic rings. The van der Waals surface area contributed by atoms with Gasteiger partial charge in [0.15, 0.2) is 0 Å². The lowest BCUT2D eigenvalue weighted by atomic mass is 9.99. The molecule has 0 saturated carbocycles. The highest BCUT2D eigenvalue weighted by Gasteiger charge is 2.23. The minimum Gasteiger partial charge on any atom is -0.350 e. The summed E-state index contributed by atoms with van der Waals surface area (Å²) in [5.41, 5.74) is 2.68. The summed E-state index contributed by atoms with van der Waals surface area (Å²) in [7, 11) is 0. The lowest BCUT2D eigenvalue weighted by molar-refractivity contribution is -0.125. The Morgan fingerprint density at radius 3 is 2.74 bits per heavy atom. The fraction of sp³-hybridized carbons (Fsp3) is 0.316. The van der Waals surface area contributed by atoms with E-state index >= 15 is 0 Å². The molecule has 23 heavy (non-hydrogen) atoms. The van der Waals surface area contributed by atoms with Crippen LogP contribution in [0.25, 0.3) is 5.57 Å². The lowest BCUT2D eigenvalue weighted by Gasteiger charge is -2.31. The largest absolute Gasteiger partial charge is 0.350 e. The standard InChI is InChI=1S/C19H22N2OS/c1-15(19(22)20-14-18-8-5-13-23-18)21-11-9-17(10-12-21)16-6-3-2-4-7-16/h2-9,13,15H,10-12,14H2,1H3,(H,20,22)/t15-/m0/s1. The third kappa shape index (κ3) is 4.09. The molecule has 1 aromatic carbocycles. The summed E-state index contributed by atoms with van der Waals surface area (Å²) in [4.78, 5) is 15.7. The van der Waals surface area contributed by atoms with E-state index < -0.39 is 0 Å². The SMILES string of the molecule is C[C@@H](C(=O)NCc1cccs1)N1CC=C(c2ccccc2)CC1. The molecular formula is C19H22N2OS. The topological polar surface area (TPSA) is 32.3 Å². The number of thiophene rings is 1. The van der Waals surface area contributed by atoms with Gasteiger partial charge < -0.3 is 5.32 Å². The van der Waals surface area contributed by atoms with Gasteiger partial charge in [0.25, 0.3) is 0 Å². The highest BCUT2D eigenvalue weighted by molar-refractivity contribution is 7.09. The molecule has 0 unspecified atom stereocenters. The number of nitrogens with one attached hydrogen (secondary N) is 1. The molecule has 1 atom stereocenters. The van der Waals surface area contributed by atoms with Crippen molar-refractivity contribution < 1.29 is 4.79 Å². The van der Waals surface area contributed by atoms with Crippen LogP contribution in [0, 0.1) is 0 Å². The van der Waals surface area contributed by atoms with Crippen LogP contribution in [0.2, 0.25) is 0 Å². The van der Waals surface area contributed by atoms with Crippen LogP contribution in [-0.4, -0.2) is 29.9 Å². The number of hydrogen-bond donors (Lipinski definition) is 1. The van der Waals surface area contributed by atoms with E-state index in [0.29, 0.717) is 6.54 Å². The van der Waals surface area contributed by atoms with E-state index in [1.807, 2.05) is 30.5 Å². The predicted molar refractivity (Wildman–Crippen MR) is 96.2 cm³/mol. The van der Waals surface area contributed by atoms with Crippen LogP contribution in [0.15, 0.2) is 53.9 Å². The first-order valence-corrected chi connectivity index (χ1v) is 8.90. The molecule has 1 aliphatic rings. The maximum Gasteiger partial charge on any atom is 0.237 e. The number of hydrogen-bond acceptors (Lipinski definition) is 3. The van der Waals surface area contributed by atoms with Gasteiger partial charge in [0.05, 0.1) is 12.6 Å². The van der Waals surface area contributed by atoms with E-state index in [-0.39, 0.29) is 11.9 Å². The molecule has 0 radical (unpaired) electrons. The number of carbonyl (C=O) groups is 1. The molecule has 0 spiro atoms. The highest BCUT2D eigenvalue weighted by Crippen LogP contribution is 2.23. The van der Waals surface area contributed by atoms with Crippen LogP contribution >= 0.6 is 11.3 Å². The summed E-state index contributed by atoms with van der Waals surface area (Å²) < 4.78 is 0. The molecule has 3 rings (SSSR count). The van der Waals surface area contributed by atoms with Crippen molar-refractivity contribution in [2.45, 2.75) is 25.9 Å². The number of rotatable bonds is 5. The van der Waals surface area contributed by atoms with Crippen molar-refractivity contribution in [1.29, 1.82) is 0 Å². The van der Waals surface area contributed by atoms with Crippen molar-refractivity contribution in [1.82, 2.24) is 10.2 Å². The van der Waals surface area contributed by atoms with Gasteiger partial charge >= 0.3 is 0 Å². The van der Waals surface area contributed by atoms with Crippen molar-refractivity contribution in [3.05, 3.63) is 64.4 Å². The van der Waals surface area contributed by atoms with Crippen LogP contribution in [0.1, 0.15) is 23.8 Å². The van der Waals surface area contributed by atoms with Gasteiger partial charge in [0.2, 0.25) is 5.91 Å². The van der Waals surface area contributed by atoms with Crippen LogP contribution in [0.3, 0.4) is 0 Å². The zero-order chi connectivity index (χ0) is 16.1. The highest BCUT2D eigenvalue weighted by atomic mass is 32.1. The van der Waals surface area contributed by atoms with E-state index in [1.54, 1.807) is 11.3 Å². The fourth-order valence-electron chi connectivity index (χ4n) is 2.85. The minimum absolute atomic E-state index is 0.0939. The van der Waals surface area contributed by atoms with Crippen LogP contribution < -0.4 is 5.32 Å². The van der Waals surface area contributed by atoms with Gasteiger partial charge in [0, 0.05) is 18.0 Å². The predicted octanol–water partition coefficient (Wildman–Crippen LogP) is 3.54. The number of carbonyl (C=O) groups excluding carboxylic acids is 1. The molecule has 0 bridgehead atoms. The molecule has 2 heterocycles. The Kier molecular flexibility index (Phi) is 5.26. The monoisotopic (exact) mass is 326 g/mol. The molecular weight excluding hydrogens is 304 g/mol. The first kappa shape index (κ1) is 16.0. The van der Waals surface area contributed by atoms with E-state index in [1.165, 1.54) is 16.0 Å². The molecule has 0 saturated heterocycles. The van der Waals surface area contributed by atoms with Crippen molar-refractivity contribution in [3.8, 4) is 0 Å². The third-order valence-electron chi connectivity index (χ3n) is 4.33. The average Bonchev–Trinajstić information content (AvgIpc) is 3.13. The molecule has 3 nitrogen and oxygen atoms in total. The van der Waals surface area contributed by atoms with Gasteiger partial charge in [-0.15, -0.1) is 11.3 Å². The number of nitrogens with zero attached hydrogens (tertiary/aromatic N) is 1. The third-order valence-corrected chi connectivity index (χ3v) is 5.21. The second-order valence-corrected chi connectivity index (χ2v) is 6.85. The Morgan fingerprint density at radius 2 is 2.09 bits per heavy atom. The Bertz CT molecular complexity index is 664. The van der Waals surface area contributed by atoms with Gasteiger partial charge in [0.1, 0.15) is 0 Å². The minimum atomic E-state index is -0.0939. The summed E-state index contributed by atoms with van der Waals surface area (Å²) >= 11 is 1.67.